The lowest BCUT2D eigenvalue weighted by atomic mass is 9.95. The van der Waals surface area contributed by atoms with Crippen molar-refractivity contribution < 1.29 is 14.3 Å². The maximum Gasteiger partial charge on any atom is 0.257 e. The topological polar surface area (TPSA) is 65.5 Å². The Morgan fingerprint density at radius 1 is 1.06 bits per heavy atom. The second kappa shape index (κ2) is 9.75. The number of carbonyl (C=O) groups is 2. The highest BCUT2D eigenvalue weighted by molar-refractivity contribution is 6.04. The number of methoxy groups -OCH3 is 1. The first-order valence-corrected chi connectivity index (χ1v) is 11.5. The van der Waals surface area contributed by atoms with Crippen molar-refractivity contribution in [1.29, 1.82) is 0 Å². The highest BCUT2D eigenvalue weighted by Gasteiger charge is 2.36. The molecule has 2 aromatic rings. The summed E-state index contributed by atoms with van der Waals surface area (Å²) < 4.78 is 5.61. The van der Waals surface area contributed by atoms with Crippen LogP contribution in [0.15, 0.2) is 47.6 Å². The predicted octanol–water partition coefficient (Wildman–Crippen LogP) is 3.15. The number of piperazine rings is 1. The number of rotatable bonds is 5. The molecule has 0 radical (unpaired) electrons. The van der Waals surface area contributed by atoms with Crippen molar-refractivity contribution in [1.82, 2.24) is 14.8 Å². The van der Waals surface area contributed by atoms with Crippen LogP contribution in [0.25, 0.3) is 0 Å². The second-order valence-electron chi connectivity index (χ2n) is 8.85. The average Bonchev–Trinajstić information content (AvgIpc) is 3.24. The predicted molar refractivity (Wildman–Crippen MR) is 128 cm³/mol. The van der Waals surface area contributed by atoms with Gasteiger partial charge in [0.1, 0.15) is 5.75 Å². The maximum absolute atomic E-state index is 13.5. The molecule has 2 heterocycles. The van der Waals surface area contributed by atoms with Crippen LogP contribution >= 0.6 is 0 Å². The van der Waals surface area contributed by atoms with Gasteiger partial charge >= 0.3 is 0 Å². The Kier molecular flexibility index (Phi) is 6.79. The fourth-order valence-corrected chi connectivity index (χ4v) is 4.71. The number of nitrogens with zero attached hydrogens (tertiary/aromatic N) is 4. The SMILES string of the molecule is COc1ccccc1C1CC(c2ccc(C)cc2C)=NN1C(=O)CN1CCN(C(C)=O)CC1. The van der Waals surface area contributed by atoms with Crippen LogP contribution in [0.1, 0.15) is 41.6 Å². The molecule has 7 nitrogen and oxygen atoms in total. The molecule has 2 aliphatic heterocycles. The third kappa shape index (κ3) is 4.93. The van der Waals surface area contributed by atoms with E-state index in [9.17, 15) is 9.59 Å². The zero-order chi connectivity index (χ0) is 23.5. The molecule has 2 aromatic carbocycles. The van der Waals surface area contributed by atoms with Crippen LogP contribution in [0.3, 0.4) is 0 Å². The quantitative estimate of drug-likeness (QED) is 0.705. The van der Waals surface area contributed by atoms with E-state index in [1.165, 1.54) is 5.56 Å². The standard InChI is InChI=1S/C26H32N4O3/c1-18-9-10-21(19(2)15-18)23-16-24(22-7-5-6-8-25(22)33-4)30(27-23)26(32)17-28-11-13-29(14-12-28)20(3)31/h5-10,15,24H,11-14,16-17H2,1-4H3. The first kappa shape index (κ1) is 23.0. The summed E-state index contributed by atoms with van der Waals surface area (Å²) in [7, 11) is 1.65. The molecule has 4 rings (SSSR count). The van der Waals surface area contributed by atoms with Crippen molar-refractivity contribution in [2.45, 2.75) is 33.2 Å². The van der Waals surface area contributed by atoms with E-state index >= 15 is 0 Å². The van der Waals surface area contributed by atoms with Crippen molar-refractivity contribution in [2.24, 2.45) is 5.10 Å². The van der Waals surface area contributed by atoms with Crippen LogP contribution in [-0.2, 0) is 9.59 Å². The van der Waals surface area contributed by atoms with Crippen LogP contribution < -0.4 is 4.74 Å². The average molecular weight is 449 g/mol. The van der Waals surface area contributed by atoms with E-state index in [2.05, 4.69) is 36.9 Å². The molecule has 0 bridgehead atoms. The highest BCUT2D eigenvalue weighted by atomic mass is 16.5. The van der Waals surface area contributed by atoms with Gasteiger partial charge < -0.3 is 9.64 Å². The van der Waals surface area contributed by atoms with Crippen LogP contribution in [0, 0.1) is 13.8 Å². The van der Waals surface area contributed by atoms with E-state index in [1.54, 1.807) is 19.0 Å². The molecule has 1 unspecified atom stereocenters. The molecule has 2 aliphatic rings. The largest absolute Gasteiger partial charge is 0.496 e. The molecule has 33 heavy (non-hydrogen) atoms. The number of carbonyl (C=O) groups excluding carboxylic acids is 2. The van der Waals surface area contributed by atoms with E-state index in [0.717, 1.165) is 28.2 Å². The highest BCUT2D eigenvalue weighted by Crippen LogP contribution is 2.38. The molecule has 0 spiro atoms. The molecule has 1 saturated heterocycles. The van der Waals surface area contributed by atoms with Crippen molar-refractivity contribution in [2.75, 3.05) is 39.8 Å². The smallest absolute Gasteiger partial charge is 0.257 e. The molecule has 7 heteroatoms. The summed E-state index contributed by atoms with van der Waals surface area (Å²) in [5, 5.41) is 6.49. The molecule has 0 saturated carbocycles. The van der Waals surface area contributed by atoms with Crippen LogP contribution in [0.4, 0.5) is 0 Å². The summed E-state index contributed by atoms with van der Waals surface area (Å²) in [6, 6.07) is 13.9. The Morgan fingerprint density at radius 2 is 1.79 bits per heavy atom. The van der Waals surface area contributed by atoms with Crippen LogP contribution in [0.2, 0.25) is 0 Å². The summed E-state index contributed by atoms with van der Waals surface area (Å²) in [4.78, 5) is 29.0. The third-order valence-electron chi connectivity index (χ3n) is 6.53. The van der Waals surface area contributed by atoms with Crippen molar-refractivity contribution in [3.63, 3.8) is 0 Å². The lowest BCUT2D eigenvalue weighted by Gasteiger charge is -2.34. The Hall–Kier alpha value is -3.19. The molecule has 1 fully saturated rings. The van der Waals surface area contributed by atoms with Crippen molar-refractivity contribution in [3.8, 4) is 5.75 Å². The van der Waals surface area contributed by atoms with E-state index in [1.807, 2.05) is 29.2 Å². The van der Waals surface area contributed by atoms with Gasteiger partial charge in [-0.05, 0) is 25.5 Å². The van der Waals surface area contributed by atoms with E-state index in [0.29, 0.717) is 32.6 Å². The molecule has 0 aromatic heterocycles. The number of hydrogen-bond acceptors (Lipinski definition) is 5. The lowest BCUT2D eigenvalue weighted by molar-refractivity contribution is -0.135. The summed E-state index contributed by atoms with van der Waals surface area (Å²) in [5.41, 5.74) is 5.30. The van der Waals surface area contributed by atoms with Gasteiger partial charge in [0, 0.05) is 50.7 Å². The molecule has 2 amide bonds. The minimum Gasteiger partial charge on any atom is -0.496 e. The van der Waals surface area contributed by atoms with Gasteiger partial charge in [-0.2, -0.15) is 5.10 Å². The van der Waals surface area contributed by atoms with Gasteiger partial charge in [-0.3, -0.25) is 14.5 Å². The summed E-state index contributed by atoms with van der Waals surface area (Å²) in [6.07, 6.45) is 0.633. The van der Waals surface area contributed by atoms with Crippen LogP contribution in [-0.4, -0.2) is 72.2 Å². The fraction of sp³-hybridized carbons (Fsp3) is 0.423. The molecule has 0 N–H and O–H groups in total. The van der Waals surface area contributed by atoms with Gasteiger partial charge in [0.15, 0.2) is 0 Å². The Morgan fingerprint density at radius 3 is 2.45 bits per heavy atom. The summed E-state index contributed by atoms with van der Waals surface area (Å²) in [6.45, 7) is 8.70. The maximum atomic E-state index is 13.5. The number of ether oxygens (including phenoxy) is 1. The fourth-order valence-electron chi connectivity index (χ4n) is 4.71. The molecular formula is C26H32N4O3. The molecular weight excluding hydrogens is 416 g/mol. The minimum atomic E-state index is -0.220. The van der Waals surface area contributed by atoms with Gasteiger partial charge in [0.25, 0.3) is 5.91 Å². The summed E-state index contributed by atoms with van der Waals surface area (Å²) >= 11 is 0. The molecule has 0 aliphatic carbocycles. The van der Waals surface area contributed by atoms with Gasteiger partial charge in [-0.1, -0.05) is 42.0 Å². The zero-order valence-corrected chi connectivity index (χ0v) is 19.9. The van der Waals surface area contributed by atoms with Gasteiger partial charge in [0.2, 0.25) is 5.91 Å². The number of hydrazone groups is 1. The zero-order valence-electron chi connectivity index (χ0n) is 19.9. The lowest BCUT2D eigenvalue weighted by Crippen LogP contribution is -2.50. The van der Waals surface area contributed by atoms with E-state index in [-0.39, 0.29) is 24.4 Å². The minimum absolute atomic E-state index is 0.0399. The normalized spacial score (nSPS) is 18.9. The Labute approximate surface area is 195 Å². The second-order valence-corrected chi connectivity index (χ2v) is 8.85. The third-order valence-corrected chi connectivity index (χ3v) is 6.53. The van der Waals surface area contributed by atoms with Gasteiger partial charge in [-0.25, -0.2) is 5.01 Å². The van der Waals surface area contributed by atoms with Crippen molar-refractivity contribution >= 4 is 17.5 Å². The number of amides is 2. The van der Waals surface area contributed by atoms with E-state index in [4.69, 9.17) is 9.84 Å². The van der Waals surface area contributed by atoms with Gasteiger partial charge in [-0.15, -0.1) is 0 Å². The van der Waals surface area contributed by atoms with Crippen molar-refractivity contribution in [3.05, 3.63) is 64.7 Å². The van der Waals surface area contributed by atoms with Gasteiger partial charge in [0.05, 0.1) is 25.4 Å². The first-order valence-electron chi connectivity index (χ1n) is 11.5. The number of hydrogen-bond donors (Lipinski definition) is 0. The monoisotopic (exact) mass is 448 g/mol. The van der Waals surface area contributed by atoms with Crippen LogP contribution in [0.5, 0.6) is 5.75 Å². The Bertz CT molecular complexity index is 1070. The first-order chi connectivity index (χ1) is 15.9. The number of aryl methyl sites for hydroxylation is 2. The Balaban J connectivity index is 1.60. The molecule has 1 atom stereocenters. The molecule has 174 valence electrons. The summed E-state index contributed by atoms with van der Waals surface area (Å²) in [5.74, 6) is 0.800. The van der Waals surface area contributed by atoms with E-state index < -0.39 is 0 Å². The number of para-hydroxylation sites is 1. The number of benzene rings is 2.